The molecule has 22 heavy (non-hydrogen) atoms. The van der Waals surface area contributed by atoms with Crippen molar-refractivity contribution in [3.8, 4) is 0 Å². The van der Waals surface area contributed by atoms with E-state index in [0.29, 0.717) is 24.3 Å². The van der Waals surface area contributed by atoms with Crippen LogP contribution < -0.4 is 5.32 Å². The molecule has 1 amide bonds. The highest BCUT2D eigenvalue weighted by atomic mass is 16.4. The lowest BCUT2D eigenvalue weighted by atomic mass is 9.85. The maximum absolute atomic E-state index is 12.5. The standard InChI is InChI=1S/C16H25N3O3/c1-3-7-13(16(21)22)17-15(20)12-10-19(2)18-14(12)11-8-5-4-6-9-11/h10-11,13H,3-9H2,1-2H3,(H,17,20)(H,21,22). The molecular formula is C16H25N3O3. The molecule has 1 heterocycles. The molecular weight excluding hydrogens is 282 g/mol. The topological polar surface area (TPSA) is 84.2 Å². The summed E-state index contributed by atoms with van der Waals surface area (Å²) in [6.07, 6.45) is 8.50. The summed E-state index contributed by atoms with van der Waals surface area (Å²) >= 11 is 0. The summed E-state index contributed by atoms with van der Waals surface area (Å²) in [6.45, 7) is 1.90. The number of carbonyl (C=O) groups is 2. The predicted octanol–water partition coefficient (Wildman–Crippen LogP) is 2.45. The molecule has 0 saturated heterocycles. The van der Waals surface area contributed by atoms with Gasteiger partial charge in [-0.1, -0.05) is 32.6 Å². The average Bonchev–Trinajstić information content (AvgIpc) is 2.89. The van der Waals surface area contributed by atoms with E-state index < -0.39 is 12.0 Å². The summed E-state index contributed by atoms with van der Waals surface area (Å²) in [5, 5.41) is 16.3. The third-order valence-corrected chi connectivity index (χ3v) is 4.27. The van der Waals surface area contributed by atoms with Crippen LogP contribution in [0.5, 0.6) is 0 Å². The Morgan fingerprint density at radius 3 is 2.68 bits per heavy atom. The van der Waals surface area contributed by atoms with Crippen LogP contribution in [0.25, 0.3) is 0 Å². The molecule has 2 N–H and O–H groups in total. The molecule has 2 rings (SSSR count). The Labute approximate surface area is 130 Å². The minimum atomic E-state index is -0.988. The first kappa shape index (κ1) is 16.5. The van der Waals surface area contributed by atoms with Gasteiger partial charge < -0.3 is 10.4 Å². The lowest BCUT2D eigenvalue weighted by Crippen LogP contribution is -2.41. The van der Waals surface area contributed by atoms with E-state index in [-0.39, 0.29) is 5.91 Å². The van der Waals surface area contributed by atoms with Crippen molar-refractivity contribution in [3.05, 3.63) is 17.5 Å². The van der Waals surface area contributed by atoms with Crippen LogP contribution in [0.2, 0.25) is 0 Å². The van der Waals surface area contributed by atoms with Gasteiger partial charge in [0.05, 0.1) is 11.3 Å². The number of nitrogens with zero attached hydrogens (tertiary/aromatic N) is 2. The van der Waals surface area contributed by atoms with Crippen LogP contribution in [0.15, 0.2) is 6.20 Å². The minimum absolute atomic E-state index is 0.310. The van der Waals surface area contributed by atoms with Gasteiger partial charge in [0, 0.05) is 19.2 Å². The molecule has 1 aromatic heterocycles. The van der Waals surface area contributed by atoms with Crippen LogP contribution in [0.3, 0.4) is 0 Å². The Morgan fingerprint density at radius 2 is 2.09 bits per heavy atom. The number of aryl methyl sites for hydroxylation is 1. The van der Waals surface area contributed by atoms with Gasteiger partial charge in [0.1, 0.15) is 6.04 Å². The van der Waals surface area contributed by atoms with Gasteiger partial charge >= 0.3 is 5.97 Å². The zero-order valence-corrected chi connectivity index (χ0v) is 13.3. The van der Waals surface area contributed by atoms with Crippen LogP contribution in [0.1, 0.15) is 73.8 Å². The summed E-state index contributed by atoms with van der Waals surface area (Å²) in [7, 11) is 1.80. The van der Waals surface area contributed by atoms with E-state index >= 15 is 0 Å². The van der Waals surface area contributed by atoms with Crippen molar-refractivity contribution in [1.82, 2.24) is 15.1 Å². The van der Waals surface area contributed by atoms with Crippen molar-refractivity contribution in [3.63, 3.8) is 0 Å². The van der Waals surface area contributed by atoms with E-state index in [1.165, 1.54) is 6.42 Å². The van der Waals surface area contributed by atoms with Gasteiger partial charge in [-0.05, 0) is 19.3 Å². The van der Waals surface area contributed by atoms with Crippen molar-refractivity contribution in [2.45, 2.75) is 63.8 Å². The third kappa shape index (κ3) is 3.87. The molecule has 0 aromatic carbocycles. The summed E-state index contributed by atoms with van der Waals surface area (Å²) in [4.78, 5) is 23.7. The highest BCUT2D eigenvalue weighted by Crippen LogP contribution is 2.33. The zero-order valence-electron chi connectivity index (χ0n) is 13.3. The zero-order chi connectivity index (χ0) is 16.1. The Morgan fingerprint density at radius 1 is 1.41 bits per heavy atom. The first-order chi connectivity index (χ1) is 10.5. The molecule has 1 atom stereocenters. The van der Waals surface area contributed by atoms with Crippen LogP contribution in [-0.2, 0) is 11.8 Å². The van der Waals surface area contributed by atoms with Gasteiger partial charge in [-0.25, -0.2) is 4.79 Å². The lowest BCUT2D eigenvalue weighted by Gasteiger charge is -2.21. The molecule has 6 heteroatoms. The summed E-state index contributed by atoms with van der Waals surface area (Å²) in [5.74, 6) is -1.00. The van der Waals surface area contributed by atoms with Gasteiger partial charge in [0.2, 0.25) is 0 Å². The van der Waals surface area contributed by atoms with E-state index in [0.717, 1.165) is 31.4 Å². The van der Waals surface area contributed by atoms with E-state index in [4.69, 9.17) is 0 Å². The molecule has 0 spiro atoms. The number of carboxylic acids is 1. The summed E-state index contributed by atoms with van der Waals surface area (Å²) in [5.41, 5.74) is 1.34. The molecule has 1 saturated carbocycles. The van der Waals surface area contributed by atoms with E-state index in [2.05, 4.69) is 10.4 Å². The quantitative estimate of drug-likeness (QED) is 0.845. The number of carbonyl (C=O) groups excluding carboxylic acids is 1. The second kappa shape index (κ2) is 7.42. The minimum Gasteiger partial charge on any atom is -0.480 e. The van der Waals surface area contributed by atoms with E-state index in [1.807, 2.05) is 6.92 Å². The highest BCUT2D eigenvalue weighted by Gasteiger charge is 2.27. The van der Waals surface area contributed by atoms with Crippen LogP contribution in [-0.4, -0.2) is 32.8 Å². The van der Waals surface area contributed by atoms with Crippen LogP contribution in [0.4, 0.5) is 0 Å². The smallest absolute Gasteiger partial charge is 0.326 e. The average molecular weight is 307 g/mol. The number of hydrogen-bond acceptors (Lipinski definition) is 3. The van der Waals surface area contributed by atoms with Gasteiger partial charge in [-0.2, -0.15) is 5.10 Å². The number of carboxylic acid groups (broad SMARTS) is 1. The lowest BCUT2D eigenvalue weighted by molar-refractivity contribution is -0.139. The SMILES string of the molecule is CCCC(NC(=O)c1cn(C)nc1C1CCCCC1)C(=O)O. The Hall–Kier alpha value is -1.85. The van der Waals surface area contributed by atoms with Gasteiger partial charge in [-0.3, -0.25) is 9.48 Å². The second-order valence-corrected chi connectivity index (χ2v) is 6.09. The Balaban J connectivity index is 2.16. The molecule has 1 fully saturated rings. The number of aromatic nitrogens is 2. The van der Waals surface area contributed by atoms with Crippen LogP contribution in [0, 0.1) is 0 Å². The fourth-order valence-corrected chi connectivity index (χ4v) is 3.14. The number of aliphatic carboxylic acids is 1. The first-order valence-corrected chi connectivity index (χ1v) is 8.10. The van der Waals surface area contributed by atoms with Gasteiger partial charge in [0.25, 0.3) is 5.91 Å². The number of hydrogen-bond donors (Lipinski definition) is 2. The fraction of sp³-hybridized carbons (Fsp3) is 0.688. The summed E-state index contributed by atoms with van der Waals surface area (Å²) < 4.78 is 1.65. The second-order valence-electron chi connectivity index (χ2n) is 6.09. The maximum Gasteiger partial charge on any atom is 0.326 e. The molecule has 1 unspecified atom stereocenters. The normalized spacial score (nSPS) is 17.2. The van der Waals surface area contributed by atoms with Crippen molar-refractivity contribution < 1.29 is 14.7 Å². The van der Waals surface area contributed by atoms with Crippen molar-refractivity contribution in [1.29, 1.82) is 0 Å². The monoisotopic (exact) mass is 307 g/mol. The van der Waals surface area contributed by atoms with Crippen molar-refractivity contribution in [2.75, 3.05) is 0 Å². The molecule has 122 valence electrons. The fourth-order valence-electron chi connectivity index (χ4n) is 3.14. The molecule has 1 aliphatic carbocycles. The maximum atomic E-state index is 12.5. The third-order valence-electron chi connectivity index (χ3n) is 4.27. The van der Waals surface area contributed by atoms with Crippen molar-refractivity contribution in [2.24, 2.45) is 7.05 Å². The Kier molecular flexibility index (Phi) is 5.57. The summed E-state index contributed by atoms with van der Waals surface area (Å²) in [6, 6.07) is -0.836. The first-order valence-electron chi connectivity index (χ1n) is 8.10. The molecule has 6 nitrogen and oxygen atoms in total. The van der Waals surface area contributed by atoms with Crippen molar-refractivity contribution >= 4 is 11.9 Å². The molecule has 1 aromatic rings. The van der Waals surface area contributed by atoms with E-state index in [9.17, 15) is 14.7 Å². The molecule has 0 bridgehead atoms. The van der Waals surface area contributed by atoms with Gasteiger partial charge in [-0.15, -0.1) is 0 Å². The number of amides is 1. The Bertz CT molecular complexity index is 533. The van der Waals surface area contributed by atoms with E-state index in [1.54, 1.807) is 17.9 Å². The van der Waals surface area contributed by atoms with Gasteiger partial charge in [0.15, 0.2) is 0 Å². The predicted molar refractivity (Wildman–Crippen MR) is 82.8 cm³/mol. The highest BCUT2D eigenvalue weighted by molar-refractivity contribution is 5.97. The molecule has 0 radical (unpaired) electrons. The number of rotatable bonds is 6. The molecule has 1 aliphatic rings. The largest absolute Gasteiger partial charge is 0.480 e. The molecule has 0 aliphatic heterocycles. The number of nitrogens with one attached hydrogen (secondary N) is 1. The van der Waals surface area contributed by atoms with Crippen LogP contribution >= 0.6 is 0 Å².